The number of nitrogens with zero attached hydrogens (tertiary/aromatic N) is 2. The van der Waals surface area contributed by atoms with Gasteiger partial charge in [0.2, 0.25) is 0 Å². The van der Waals surface area contributed by atoms with Crippen LogP contribution >= 0.6 is 11.6 Å². The zero-order chi connectivity index (χ0) is 16.8. The van der Waals surface area contributed by atoms with Gasteiger partial charge in [-0.15, -0.1) is 0 Å². The van der Waals surface area contributed by atoms with Crippen LogP contribution in [0.2, 0.25) is 5.02 Å². The van der Waals surface area contributed by atoms with Gasteiger partial charge in [0.15, 0.2) is 0 Å². The molecule has 1 aromatic rings. The Morgan fingerprint density at radius 1 is 1.43 bits per heavy atom. The van der Waals surface area contributed by atoms with Crippen LogP contribution in [0.15, 0.2) is 17.1 Å². The van der Waals surface area contributed by atoms with E-state index in [-0.39, 0.29) is 5.97 Å². The average molecular weight is 337 g/mol. The molecule has 0 N–H and O–H groups in total. The Balaban J connectivity index is 2.06. The Hall–Kier alpha value is -1.55. The van der Waals surface area contributed by atoms with Gasteiger partial charge in [0.05, 0.1) is 29.2 Å². The van der Waals surface area contributed by atoms with E-state index in [1.165, 1.54) is 12.8 Å². The van der Waals surface area contributed by atoms with Crippen molar-refractivity contribution in [3.63, 3.8) is 0 Å². The third kappa shape index (κ3) is 4.96. The maximum atomic E-state index is 12.3. The Bertz CT molecular complexity index is 581. The minimum atomic E-state index is -0.294. The molecule has 0 saturated heterocycles. The van der Waals surface area contributed by atoms with Gasteiger partial charge < -0.3 is 9.64 Å². The van der Waals surface area contributed by atoms with E-state index in [1.807, 2.05) is 31.9 Å². The molecular weight excluding hydrogens is 312 g/mol. The van der Waals surface area contributed by atoms with E-state index in [2.05, 4.69) is 4.99 Å². The number of halogens is 1. The van der Waals surface area contributed by atoms with Crippen molar-refractivity contribution in [1.29, 1.82) is 0 Å². The topological polar surface area (TPSA) is 41.9 Å². The number of carbonyl (C=O) groups excluding carboxylic acids is 1. The lowest BCUT2D eigenvalue weighted by Crippen LogP contribution is -2.14. The van der Waals surface area contributed by atoms with Crippen LogP contribution in [0.4, 0.5) is 5.69 Å². The molecule has 1 aromatic carbocycles. The van der Waals surface area contributed by atoms with E-state index >= 15 is 0 Å². The Morgan fingerprint density at radius 2 is 2.13 bits per heavy atom. The number of hydrogen-bond acceptors (Lipinski definition) is 3. The third-order valence-corrected chi connectivity index (χ3v) is 4.63. The smallest absolute Gasteiger partial charge is 0.338 e. The normalized spacial score (nSPS) is 15.3. The van der Waals surface area contributed by atoms with Crippen LogP contribution < -0.4 is 0 Å². The Morgan fingerprint density at radius 3 is 2.78 bits per heavy atom. The first-order valence-corrected chi connectivity index (χ1v) is 8.60. The molecule has 0 amide bonds. The van der Waals surface area contributed by atoms with Gasteiger partial charge in [-0.2, -0.15) is 0 Å². The summed E-state index contributed by atoms with van der Waals surface area (Å²) in [7, 11) is 1.94. The predicted octanol–water partition coefficient (Wildman–Crippen LogP) is 4.61. The third-order valence-electron chi connectivity index (χ3n) is 4.33. The highest BCUT2D eigenvalue weighted by atomic mass is 35.5. The molecule has 2 rings (SSSR count). The molecule has 0 atom stereocenters. The molecule has 0 aromatic heterocycles. The fourth-order valence-corrected chi connectivity index (χ4v) is 2.89. The number of esters is 1. The van der Waals surface area contributed by atoms with E-state index in [9.17, 15) is 4.79 Å². The number of rotatable bonds is 6. The predicted molar refractivity (Wildman–Crippen MR) is 94.9 cm³/mol. The van der Waals surface area contributed by atoms with Gasteiger partial charge >= 0.3 is 5.97 Å². The summed E-state index contributed by atoms with van der Waals surface area (Å²) < 4.78 is 5.46. The quantitative estimate of drug-likeness (QED) is 0.433. The lowest BCUT2D eigenvalue weighted by molar-refractivity contribution is 0.0442. The lowest BCUT2D eigenvalue weighted by Gasteiger charge is -2.13. The summed E-state index contributed by atoms with van der Waals surface area (Å²) in [4.78, 5) is 18.6. The van der Waals surface area contributed by atoms with Crippen molar-refractivity contribution in [3.8, 4) is 0 Å². The van der Waals surface area contributed by atoms with E-state index in [0.29, 0.717) is 28.8 Å². The minimum absolute atomic E-state index is 0.294. The van der Waals surface area contributed by atoms with Crippen molar-refractivity contribution in [2.24, 2.45) is 10.9 Å². The number of aliphatic imine (C=N–C) groups is 1. The summed E-state index contributed by atoms with van der Waals surface area (Å²) in [6, 6.07) is 3.49. The lowest BCUT2D eigenvalue weighted by atomic mass is 10.1. The zero-order valence-electron chi connectivity index (χ0n) is 14.1. The molecule has 1 fully saturated rings. The second-order valence-corrected chi connectivity index (χ2v) is 6.59. The fourth-order valence-electron chi connectivity index (χ4n) is 2.68. The monoisotopic (exact) mass is 336 g/mol. The molecule has 0 aliphatic heterocycles. The van der Waals surface area contributed by atoms with Crippen molar-refractivity contribution >= 4 is 29.6 Å². The van der Waals surface area contributed by atoms with Crippen LogP contribution in [0.5, 0.6) is 0 Å². The standard InChI is InChI=1S/C18H25ClN2O2/c1-4-21(3)12-20-17-9-13(2)15(10-16(17)19)18(22)23-11-14-7-5-6-8-14/h9-10,12,14H,4-8,11H2,1-3H3/b20-12+. The molecular formula is C18H25ClN2O2. The van der Waals surface area contributed by atoms with E-state index in [4.69, 9.17) is 16.3 Å². The van der Waals surface area contributed by atoms with Crippen LogP contribution in [-0.2, 0) is 4.74 Å². The number of benzene rings is 1. The summed E-state index contributed by atoms with van der Waals surface area (Å²) in [6.07, 6.45) is 6.54. The second-order valence-electron chi connectivity index (χ2n) is 6.19. The van der Waals surface area contributed by atoms with Gasteiger partial charge in [-0.1, -0.05) is 24.4 Å². The van der Waals surface area contributed by atoms with Crippen LogP contribution in [0, 0.1) is 12.8 Å². The van der Waals surface area contributed by atoms with Crippen molar-refractivity contribution in [1.82, 2.24) is 4.90 Å². The van der Waals surface area contributed by atoms with E-state index in [1.54, 1.807) is 12.4 Å². The molecule has 1 aliphatic carbocycles. The van der Waals surface area contributed by atoms with Crippen LogP contribution in [0.25, 0.3) is 0 Å². The van der Waals surface area contributed by atoms with Crippen LogP contribution in [0.3, 0.4) is 0 Å². The van der Waals surface area contributed by atoms with Gasteiger partial charge in [-0.3, -0.25) is 0 Å². The van der Waals surface area contributed by atoms with Crippen LogP contribution in [0.1, 0.15) is 48.5 Å². The maximum Gasteiger partial charge on any atom is 0.338 e. The van der Waals surface area contributed by atoms with Crippen molar-refractivity contribution < 1.29 is 9.53 Å². The summed E-state index contributed by atoms with van der Waals surface area (Å²) in [5.41, 5.74) is 2.02. The van der Waals surface area contributed by atoms with Gasteiger partial charge in [-0.05, 0) is 50.3 Å². The van der Waals surface area contributed by atoms with Crippen molar-refractivity contribution in [3.05, 3.63) is 28.3 Å². The summed E-state index contributed by atoms with van der Waals surface area (Å²) in [5, 5.41) is 0.462. The highest BCUT2D eigenvalue weighted by molar-refractivity contribution is 6.33. The maximum absolute atomic E-state index is 12.3. The first kappa shape index (κ1) is 17.8. The second kappa shape index (κ2) is 8.34. The molecule has 4 nitrogen and oxygen atoms in total. The molecule has 0 radical (unpaired) electrons. The highest BCUT2D eigenvalue weighted by Gasteiger charge is 2.19. The minimum Gasteiger partial charge on any atom is -0.462 e. The number of aryl methyl sites for hydroxylation is 1. The van der Waals surface area contributed by atoms with Crippen LogP contribution in [-0.4, -0.2) is 37.4 Å². The molecule has 0 heterocycles. The first-order chi connectivity index (χ1) is 11.0. The molecule has 1 aliphatic rings. The highest BCUT2D eigenvalue weighted by Crippen LogP contribution is 2.29. The average Bonchev–Trinajstić information content (AvgIpc) is 3.06. The molecule has 0 bridgehead atoms. The molecule has 23 heavy (non-hydrogen) atoms. The summed E-state index contributed by atoms with van der Waals surface area (Å²) >= 11 is 6.26. The molecule has 126 valence electrons. The van der Waals surface area contributed by atoms with Crippen molar-refractivity contribution in [2.75, 3.05) is 20.2 Å². The van der Waals surface area contributed by atoms with E-state index < -0.39 is 0 Å². The molecule has 0 unspecified atom stereocenters. The van der Waals surface area contributed by atoms with Gasteiger partial charge in [-0.25, -0.2) is 9.79 Å². The fraction of sp³-hybridized carbons (Fsp3) is 0.556. The molecule has 0 spiro atoms. The summed E-state index contributed by atoms with van der Waals surface area (Å²) in [5.74, 6) is 0.223. The number of ether oxygens (including phenoxy) is 1. The Labute approximate surface area is 143 Å². The molecule has 1 saturated carbocycles. The summed E-state index contributed by atoms with van der Waals surface area (Å²) in [6.45, 7) is 5.30. The first-order valence-electron chi connectivity index (χ1n) is 8.23. The number of hydrogen-bond donors (Lipinski definition) is 0. The number of carbonyl (C=O) groups is 1. The largest absolute Gasteiger partial charge is 0.462 e. The Kier molecular flexibility index (Phi) is 6.46. The SMILES string of the molecule is CCN(C)/C=N/c1cc(C)c(C(=O)OCC2CCCC2)cc1Cl. The van der Waals surface area contributed by atoms with Gasteiger partial charge in [0.1, 0.15) is 0 Å². The zero-order valence-corrected chi connectivity index (χ0v) is 14.9. The van der Waals surface area contributed by atoms with Gasteiger partial charge in [0.25, 0.3) is 0 Å². The van der Waals surface area contributed by atoms with E-state index in [0.717, 1.165) is 24.9 Å². The van der Waals surface area contributed by atoms with Crippen molar-refractivity contribution in [2.45, 2.75) is 39.5 Å². The molecule has 5 heteroatoms. The van der Waals surface area contributed by atoms with Gasteiger partial charge in [0, 0.05) is 13.6 Å².